The van der Waals surface area contributed by atoms with Crippen LogP contribution in [0.25, 0.3) is 0 Å². The summed E-state index contributed by atoms with van der Waals surface area (Å²) in [6.07, 6.45) is 0.103. The second kappa shape index (κ2) is 6.92. The maximum absolute atomic E-state index is 14.5. The summed E-state index contributed by atoms with van der Waals surface area (Å²) in [5, 5.41) is 2.81. The van der Waals surface area contributed by atoms with Crippen LogP contribution in [0.2, 0.25) is 0 Å². The van der Waals surface area contributed by atoms with Gasteiger partial charge in [0, 0.05) is 28.4 Å². The zero-order chi connectivity index (χ0) is 18.1. The van der Waals surface area contributed by atoms with Gasteiger partial charge < -0.3 is 19.5 Å². The number of carbonyl (C=O) groups is 1. The SMILES string of the molecule is COc1cc2c(c(OC)c1OC)[C@@H](c1cc(Br)ccc1F)CC(=O)N2. The fraction of sp³-hybridized carbons (Fsp3) is 0.278. The first kappa shape index (κ1) is 17.5. The number of fused-ring (bicyclic) bond motifs is 1. The normalized spacial score (nSPS) is 16.0. The van der Waals surface area contributed by atoms with Crippen LogP contribution in [0.1, 0.15) is 23.5 Å². The molecule has 0 fully saturated rings. The third-order valence-corrected chi connectivity index (χ3v) is 4.71. The van der Waals surface area contributed by atoms with E-state index in [9.17, 15) is 9.18 Å². The second-order valence-corrected chi connectivity index (χ2v) is 6.49. The number of hydrogen-bond donors (Lipinski definition) is 1. The van der Waals surface area contributed by atoms with E-state index in [1.807, 2.05) is 0 Å². The lowest BCUT2D eigenvalue weighted by atomic mass is 9.83. The van der Waals surface area contributed by atoms with Crippen LogP contribution in [0.3, 0.4) is 0 Å². The van der Waals surface area contributed by atoms with Gasteiger partial charge in [-0.25, -0.2) is 4.39 Å². The Morgan fingerprint density at radius 2 is 1.84 bits per heavy atom. The highest BCUT2D eigenvalue weighted by atomic mass is 79.9. The molecule has 1 amide bonds. The molecule has 1 atom stereocenters. The minimum absolute atomic E-state index is 0.103. The third-order valence-electron chi connectivity index (χ3n) is 4.21. The summed E-state index contributed by atoms with van der Waals surface area (Å²) in [5.41, 5.74) is 1.60. The van der Waals surface area contributed by atoms with Crippen LogP contribution < -0.4 is 19.5 Å². The van der Waals surface area contributed by atoms with E-state index in [0.29, 0.717) is 34.1 Å². The summed E-state index contributed by atoms with van der Waals surface area (Å²) in [6, 6.07) is 6.34. The summed E-state index contributed by atoms with van der Waals surface area (Å²) in [6.45, 7) is 0. The van der Waals surface area contributed by atoms with Gasteiger partial charge in [0.1, 0.15) is 5.82 Å². The molecule has 1 heterocycles. The van der Waals surface area contributed by atoms with Crippen LogP contribution in [-0.2, 0) is 4.79 Å². The summed E-state index contributed by atoms with van der Waals surface area (Å²) in [5.74, 6) is 0.156. The Hall–Kier alpha value is -2.28. The highest BCUT2D eigenvalue weighted by molar-refractivity contribution is 9.10. The molecule has 1 N–H and O–H groups in total. The molecule has 3 rings (SSSR count). The molecule has 2 aromatic carbocycles. The number of methoxy groups -OCH3 is 3. The van der Waals surface area contributed by atoms with Crippen molar-refractivity contribution in [1.29, 1.82) is 0 Å². The molecule has 0 saturated carbocycles. The summed E-state index contributed by atoms with van der Waals surface area (Å²) >= 11 is 3.36. The van der Waals surface area contributed by atoms with E-state index in [4.69, 9.17) is 14.2 Å². The van der Waals surface area contributed by atoms with Crippen molar-refractivity contribution in [1.82, 2.24) is 0 Å². The Kier molecular flexibility index (Phi) is 4.85. The zero-order valence-electron chi connectivity index (χ0n) is 14.0. The zero-order valence-corrected chi connectivity index (χ0v) is 15.6. The van der Waals surface area contributed by atoms with Crippen molar-refractivity contribution >= 4 is 27.5 Å². The molecular weight excluding hydrogens is 393 g/mol. The lowest BCUT2D eigenvalue weighted by Crippen LogP contribution is -2.25. The number of rotatable bonds is 4. The topological polar surface area (TPSA) is 56.8 Å². The molecule has 1 aliphatic rings. The highest BCUT2D eigenvalue weighted by Gasteiger charge is 2.34. The van der Waals surface area contributed by atoms with Crippen LogP contribution in [-0.4, -0.2) is 27.2 Å². The molecule has 0 bridgehead atoms. The number of anilines is 1. The van der Waals surface area contributed by atoms with E-state index in [-0.39, 0.29) is 18.1 Å². The minimum Gasteiger partial charge on any atom is -0.493 e. The standard InChI is InChI=1S/C18H17BrFNO4/c1-23-14-8-13-16(18(25-3)17(14)24-2)11(7-15(22)21-13)10-6-9(19)4-5-12(10)20/h4-6,8,11H,7H2,1-3H3,(H,21,22)/t11-/m1/s1. The molecule has 0 aliphatic carbocycles. The van der Waals surface area contributed by atoms with E-state index in [0.717, 1.165) is 4.47 Å². The smallest absolute Gasteiger partial charge is 0.225 e. The molecular formula is C18H17BrFNO4. The first-order valence-corrected chi connectivity index (χ1v) is 8.37. The average Bonchev–Trinajstić information content (AvgIpc) is 2.61. The lowest BCUT2D eigenvalue weighted by Gasteiger charge is -2.29. The fourth-order valence-corrected chi connectivity index (χ4v) is 3.54. The molecule has 0 unspecified atom stereocenters. The molecule has 1 aliphatic heterocycles. The first-order valence-electron chi connectivity index (χ1n) is 7.57. The molecule has 132 valence electrons. The van der Waals surface area contributed by atoms with Crippen molar-refractivity contribution in [2.24, 2.45) is 0 Å². The Labute approximate surface area is 153 Å². The quantitative estimate of drug-likeness (QED) is 0.825. The Bertz CT molecular complexity index is 840. The predicted octanol–water partition coefficient (Wildman–Crippen LogP) is 4.09. The fourth-order valence-electron chi connectivity index (χ4n) is 3.16. The van der Waals surface area contributed by atoms with Gasteiger partial charge in [-0.2, -0.15) is 0 Å². The van der Waals surface area contributed by atoms with E-state index in [1.165, 1.54) is 27.4 Å². The molecule has 2 aromatic rings. The number of halogens is 2. The lowest BCUT2D eigenvalue weighted by molar-refractivity contribution is -0.116. The van der Waals surface area contributed by atoms with Gasteiger partial charge in [-0.05, 0) is 23.8 Å². The van der Waals surface area contributed by atoms with Gasteiger partial charge in [0.2, 0.25) is 11.7 Å². The molecule has 0 spiro atoms. The largest absolute Gasteiger partial charge is 0.493 e. The van der Waals surface area contributed by atoms with E-state index in [1.54, 1.807) is 18.2 Å². The van der Waals surface area contributed by atoms with E-state index >= 15 is 0 Å². The van der Waals surface area contributed by atoms with Crippen LogP contribution >= 0.6 is 15.9 Å². The third kappa shape index (κ3) is 3.04. The number of carbonyl (C=O) groups excluding carboxylic acids is 1. The van der Waals surface area contributed by atoms with E-state index < -0.39 is 5.92 Å². The Balaban J connectivity index is 2.29. The van der Waals surface area contributed by atoms with Gasteiger partial charge in [0.05, 0.1) is 27.0 Å². The summed E-state index contributed by atoms with van der Waals surface area (Å²) < 4.78 is 31.5. The molecule has 5 nitrogen and oxygen atoms in total. The Morgan fingerprint density at radius 1 is 1.12 bits per heavy atom. The van der Waals surface area contributed by atoms with Crippen molar-refractivity contribution in [3.63, 3.8) is 0 Å². The van der Waals surface area contributed by atoms with Crippen molar-refractivity contribution < 1.29 is 23.4 Å². The second-order valence-electron chi connectivity index (χ2n) is 5.58. The van der Waals surface area contributed by atoms with Gasteiger partial charge in [0.25, 0.3) is 0 Å². The monoisotopic (exact) mass is 409 g/mol. The van der Waals surface area contributed by atoms with Crippen LogP contribution in [0.4, 0.5) is 10.1 Å². The number of ether oxygens (including phenoxy) is 3. The van der Waals surface area contributed by atoms with Gasteiger partial charge in [-0.3, -0.25) is 4.79 Å². The number of hydrogen-bond acceptors (Lipinski definition) is 4. The maximum atomic E-state index is 14.5. The van der Waals surface area contributed by atoms with Gasteiger partial charge >= 0.3 is 0 Å². The first-order chi connectivity index (χ1) is 12.0. The van der Waals surface area contributed by atoms with Crippen molar-refractivity contribution in [3.8, 4) is 17.2 Å². The molecule has 0 aromatic heterocycles. The molecule has 25 heavy (non-hydrogen) atoms. The predicted molar refractivity (Wildman–Crippen MR) is 95.3 cm³/mol. The maximum Gasteiger partial charge on any atom is 0.225 e. The highest BCUT2D eigenvalue weighted by Crippen LogP contribution is 2.51. The molecule has 0 radical (unpaired) electrons. The van der Waals surface area contributed by atoms with Crippen LogP contribution in [0, 0.1) is 5.82 Å². The van der Waals surface area contributed by atoms with Crippen molar-refractivity contribution in [2.75, 3.05) is 26.6 Å². The van der Waals surface area contributed by atoms with Gasteiger partial charge in [0.15, 0.2) is 11.5 Å². The van der Waals surface area contributed by atoms with E-state index in [2.05, 4.69) is 21.2 Å². The van der Waals surface area contributed by atoms with Crippen LogP contribution in [0.5, 0.6) is 17.2 Å². The average molecular weight is 410 g/mol. The van der Waals surface area contributed by atoms with Gasteiger partial charge in [-0.15, -0.1) is 0 Å². The summed E-state index contributed by atoms with van der Waals surface area (Å²) in [4.78, 5) is 12.2. The molecule has 7 heteroatoms. The minimum atomic E-state index is -0.504. The number of amides is 1. The van der Waals surface area contributed by atoms with Crippen LogP contribution in [0.15, 0.2) is 28.7 Å². The molecule has 0 saturated heterocycles. The number of benzene rings is 2. The van der Waals surface area contributed by atoms with Crippen molar-refractivity contribution in [2.45, 2.75) is 12.3 Å². The number of nitrogens with one attached hydrogen (secondary N) is 1. The summed E-state index contributed by atoms with van der Waals surface area (Å²) in [7, 11) is 4.50. The Morgan fingerprint density at radius 3 is 2.48 bits per heavy atom. The van der Waals surface area contributed by atoms with Crippen molar-refractivity contribution in [3.05, 3.63) is 45.7 Å². The van der Waals surface area contributed by atoms with Gasteiger partial charge in [-0.1, -0.05) is 15.9 Å².